The van der Waals surface area contributed by atoms with Crippen LogP contribution >= 0.6 is 23.2 Å². The molecular weight excluding hydrogens is 467 g/mol. The highest BCUT2D eigenvalue weighted by Gasteiger charge is 2.33. The van der Waals surface area contributed by atoms with Crippen LogP contribution in [0.2, 0.25) is 10.0 Å². The van der Waals surface area contributed by atoms with Crippen LogP contribution in [0.3, 0.4) is 0 Å². The van der Waals surface area contributed by atoms with Crippen molar-refractivity contribution in [2.75, 3.05) is 11.9 Å². The van der Waals surface area contributed by atoms with Crippen LogP contribution in [0.25, 0.3) is 0 Å². The lowest BCUT2D eigenvalue weighted by atomic mass is 9.88. The number of likely N-dealkylation sites (tertiary alicyclic amines) is 1. The molecule has 1 fully saturated rings. The maximum atomic E-state index is 13.6. The number of amides is 2. The zero-order valence-corrected chi connectivity index (χ0v) is 20.4. The standard InChI is InChI=1S/C28H28Cl2N2O2/c29-23-14-15-24(30)25(19-23)31-28(34)26-13-7-8-16-32(26)27(33)18-22(21-11-5-2-6-12-21)17-20-9-3-1-4-10-20/h1-6,9-12,14-15,19,22,26H,7-8,13,16-18H2,(H,31,34). The normalized spacial score (nSPS) is 16.6. The Kier molecular flexibility index (Phi) is 8.25. The van der Waals surface area contributed by atoms with Crippen molar-refractivity contribution in [1.82, 2.24) is 4.90 Å². The second kappa shape index (κ2) is 11.5. The van der Waals surface area contributed by atoms with Crippen molar-refractivity contribution in [1.29, 1.82) is 0 Å². The van der Waals surface area contributed by atoms with Gasteiger partial charge < -0.3 is 10.2 Å². The second-order valence-corrected chi connectivity index (χ2v) is 9.56. The second-order valence-electron chi connectivity index (χ2n) is 8.71. The summed E-state index contributed by atoms with van der Waals surface area (Å²) in [7, 11) is 0. The lowest BCUT2D eigenvalue weighted by molar-refractivity contribution is -0.140. The summed E-state index contributed by atoms with van der Waals surface area (Å²) >= 11 is 12.3. The van der Waals surface area contributed by atoms with Crippen molar-refractivity contribution < 1.29 is 9.59 Å². The Morgan fingerprint density at radius 3 is 2.38 bits per heavy atom. The Bertz CT molecular complexity index is 1120. The summed E-state index contributed by atoms with van der Waals surface area (Å²) < 4.78 is 0. The number of carbonyl (C=O) groups excluding carboxylic acids is 2. The maximum Gasteiger partial charge on any atom is 0.247 e. The van der Waals surface area contributed by atoms with E-state index in [2.05, 4.69) is 29.6 Å². The van der Waals surface area contributed by atoms with Gasteiger partial charge in [-0.2, -0.15) is 0 Å². The average molecular weight is 495 g/mol. The quantitative estimate of drug-likeness (QED) is 0.395. The van der Waals surface area contributed by atoms with Gasteiger partial charge in [0.05, 0.1) is 10.7 Å². The maximum absolute atomic E-state index is 13.6. The molecule has 3 aromatic carbocycles. The summed E-state index contributed by atoms with van der Waals surface area (Å²) in [5.74, 6) is -0.192. The third-order valence-corrected chi connectivity index (χ3v) is 6.89. The third kappa shape index (κ3) is 6.19. The molecule has 34 heavy (non-hydrogen) atoms. The molecule has 1 aliphatic heterocycles. The summed E-state index contributed by atoms with van der Waals surface area (Å²) in [4.78, 5) is 28.5. The molecule has 1 aliphatic rings. The summed E-state index contributed by atoms with van der Waals surface area (Å²) in [5, 5.41) is 3.79. The molecule has 176 valence electrons. The van der Waals surface area contributed by atoms with E-state index in [4.69, 9.17) is 23.2 Å². The van der Waals surface area contributed by atoms with Crippen molar-refractivity contribution in [3.63, 3.8) is 0 Å². The number of nitrogens with zero attached hydrogens (tertiary/aromatic N) is 1. The number of rotatable bonds is 7. The number of hydrogen-bond acceptors (Lipinski definition) is 2. The van der Waals surface area contributed by atoms with Crippen LogP contribution in [0.4, 0.5) is 5.69 Å². The molecule has 0 aromatic heterocycles. The molecule has 2 atom stereocenters. The minimum atomic E-state index is -0.524. The van der Waals surface area contributed by atoms with Gasteiger partial charge in [0.15, 0.2) is 0 Å². The van der Waals surface area contributed by atoms with Crippen LogP contribution < -0.4 is 5.32 Å². The first-order chi connectivity index (χ1) is 16.5. The summed E-state index contributed by atoms with van der Waals surface area (Å²) in [6.45, 7) is 0.576. The van der Waals surface area contributed by atoms with Gasteiger partial charge in [-0.3, -0.25) is 9.59 Å². The van der Waals surface area contributed by atoms with E-state index in [1.165, 1.54) is 5.56 Å². The minimum absolute atomic E-state index is 0.00169. The number of piperidine rings is 1. The predicted molar refractivity (Wildman–Crippen MR) is 138 cm³/mol. The van der Waals surface area contributed by atoms with Gasteiger partial charge in [-0.1, -0.05) is 83.9 Å². The van der Waals surface area contributed by atoms with Crippen LogP contribution in [-0.4, -0.2) is 29.3 Å². The summed E-state index contributed by atoms with van der Waals surface area (Å²) in [6.07, 6.45) is 3.53. The number of halogens is 2. The first kappa shape index (κ1) is 24.3. The summed E-state index contributed by atoms with van der Waals surface area (Å²) in [6, 6.07) is 24.8. The Labute approximate surface area is 210 Å². The average Bonchev–Trinajstić information content (AvgIpc) is 2.87. The largest absolute Gasteiger partial charge is 0.331 e. The SMILES string of the molecule is O=C(Nc1cc(Cl)ccc1Cl)C1CCCCN1C(=O)CC(Cc1ccccc1)c1ccccc1. The lowest BCUT2D eigenvalue weighted by Gasteiger charge is -2.35. The highest BCUT2D eigenvalue weighted by molar-refractivity contribution is 6.35. The molecule has 1 heterocycles. The molecule has 2 unspecified atom stereocenters. The molecule has 1 N–H and O–H groups in total. The Morgan fingerprint density at radius 2 is 1.65 bits per heavy atom. The molecule has 3 aromatic rings. The van der Waals surface area contributed by atoms with Gasteiger partial charge in [-0.15, -0.1) is 0 Å². The molecule has 0 spiro atoms. The molecular formula is C28H28Cl2N2O2. The van der Waals surface area contributed by atoms with Crippen molar-refractivity contribution in [3.05, 3.63) is 100 Å². The van der Waals surface area contributed by atoms with E-state index in [1.54, 1.807) is 23.1 Å². The van der Waals surface area contributed by atoms with E-state index in [1.807, 2.05) is 36.4 Å². The molecule has 0 radical (unpaired) electrons. The summed E-state index contributed by atoms with van der Waals surface area (Å²) in [5.41, 5.74) is 2.78. The number of nitrogens with one attached hydrogen (secondary N) is 1. The number of anilines is 1. The van der Waals surface area contributed by atoms with Gasteiger partial charge in [0.1, 0.15) is 6.04 Å². The van der Waals surface area contributed by atoms with Crippen LogP contribution in [-0.2, 0) is 16.0 Å². The monoisotopic (exact) mass is 494 g/mol. The van der Waals surface area contributed by atoms with Crippen LogP contribution in [0.15, 0.2) is 78.9 Å². The van der Waals surface area contributed by atoms with Crippen molar-refractivity contribution in [3.8, 4) is 0 Å². The van der Waals surface area contributed by atoms with Gasteiger partial charge in [-0.25, -0.2) is 0 Å². The Hall–Kier alpha value is -2.82. The predicted octanol–water partition coefficient (Wildman–Crippen LogP) is 6.73. The molecule has 4 rings (SSSR count). The molecule has 0 aliphatic carbocycles. The molecule has 0 saturated carbocycles. The van der Waals surface area contributed by atoms with Crippen molar-refractivity contribution in [2.45, 2.75) is 44.1 Å². The van der Waals surface area contributed by atoms with Gasteiger partial charge in [0.25, 0.3) is 0 Å². The van der Waals surface area contributed by atoms with Crippen LogP contribution in [0.1, 0.15) is 42.7 Å². The van der Waals surface area contributed by atoms with Crippen molar-refractivity contribution in [2.24, 2.45) is 0 Å². The van der Waals surface area contributed by atoms with E-state index < -0.39 is 6.04 Å². The third-order valence-electron chi connectivity index (χ3n) is 6.33. The fraction of sp³-hybridized carbons (Fsp3) is 0.286. The molecule has 6 heteroatoms. The van der Waals surface area contributed by atoms with Crippen LogP contribution in [0.5, 0.6) is 0 Å². The molecule has 1 saturated heterocycles. The van der Waals surface area contributed by atoms with Crippen molar-refractivity contribution >= 4 is 40.7 Å². The highest BCUT2D eigenvalue weighted by atomic mass is 35.5. The number of carbonyl (C=O) groups is 2. The zero-order chi connectivity index (χ0) is 23.9. The van der Waals surface area contributed by atoms with E-state index >= 15 is 0 Å². The van der Waals surface area contributed by atoms with E-state index in [0.29, 0.717) is 35.1 Å². The van der Waals surface area contributed by atoms with E-state index in [0.717, 1.165) is 24.8 Å². The molecule has 4 nitrogen and oxygen atoms in total. The first-order valence-corrected chi connectivity index (χ1v) is 12.4. The Balaban J connectivity index is 1.51. The van der Waals surface area contributed by atoms with Gasteiger partial charge >= 0.3 is 0 Å². The Morgan fingerprint density at radius 1 is 0.941 bits per heavy atom. The van der Waals surface area contributed by atoms with E-state index in [-0.39, 0.29) is 17.7 Å². The fourth-order valence-corrected chi connectivity index (χ4v) is 4.91. The highest BCUT2D eigenvalue weighted by Crippen LogP contribution is 2.29. The van der Waals surface area contributed by atoms with Gasteiger partial charge in [0, 0.05) is 18.0 Å². The topological polar surface area (TPSA) is 49.4 Å². The lowest BCUT2D eigenvalue weighted by Crippen LogP contribution is -2.50. The number of hydrogen-bond donors (Lipinski definition) is 1. The molecule has 2 amide bonds. The molecule has 0 bridgehead atoms. The van der Waals surface area contributed by atoms with Crippen LogP contribution in [0, 0.1) is 0 Å². The van der Waals surface area contributed by atoms with Gasteiger partial charge in [0.2, 0.25) is 11.8 Å². The smallest absolute Gasteiger partial charge is 0.247 e. The minimum Gasteiger partial charge on any atom is -0.331 e. The number of benzene rings is 3. The van der Waals surface area contributed by atoms with Gasteiger partial charge in [-0.05, 0) is 60.9 Å². The fourth-order valence-electron chi connectivity index (χ4n) is 4.57. The zero-order valence-electron chi connectivity index (χ0n) is 18.9. The first-order valence-electron chi connectivity index (χ1n) is 11.7. The van der Waals surface area contributed by atoms with E-state index in [9.17, 15) is 9.59 Å².